The summed E-state index contributed by atoms with van der Waals surface area (Å²) in [6.45, 7) is 7.01. The van der Waals surface area contributed by atoms with Crippen molar-refractivity contribution in [3.8, 4) is 5.75 Å². The minimum atomic E-state index is -1.50. The van der Waals surface area contributed by atoms with Gasteiger partial charge in [0.25, 0.3) is 0 Å². The Morgan fingerprint density at radius 3 is 2.59 bits per heavy atom. The summed E-state index contributed by atoms with van der Waals surface area (Å²) in [5.74, 6) is 0.929. The average molecular weight is 485 g/mol. The molecule has 0 radical (unpaired) electrons. The van der Waals surface area contributed by atoms with Crippen LogP contribution in [0.1, 0.15) is 55.4 Å². The number of rotatable bonds is 9. The highest BCUT2D eigenvalue weighted by atomic mass is 32.1. The van der Waals surface area contributed by atoms with Crippen LogP contribution in [0.5, 0.6) is 5.75 Å². The summed E-state index contributed by atoms with van der Waals surface area (Å²) in [6.07, 6.45) is 7.00. The first-order chi connectivity index (χ1) is 16.5. The molecule has 5 nitrogen and oxygen atoms in total. The predicted octanol–water partition coefficient (Wildman–Crippen LogP) is 5.06. The van der Waals surface area contributed by atoms with Gasteiger partial charge in [0.1, 0.15) is 12.3 Å². The van der Waals surface area contributed by atoms with E-state index in [4.69, 9.17) is 9.47 Å². The lowest BCUT2D eigenvalue weighted by atomic mass is 9.82. The number of aliphatic hydroxyl groups is 1. The van der Waals surface area contributed by atoms with Crippen LogP contribution in [-0.4, -0.2) is 54.4 Å². The normalized spacial score (nSPS) is 28.5. The van der Waals surface area contributed by atoms with Gasteiger partial charge in [0.15, 0.2) is 11.7 Å². The molecule has 4 heterocycles. The van der Waals surface area contributed by atoms with Crippen molar-refractivity contribution in [2.24, 2.45) is 11.8 Å². The minimum absolute atomic E-state index is 0.0403. The number of quaternary nitrogens is 1. The summed E-state index contributed by atoms with van der Waals surface area (Å²) in [7, 11) is 0. The lowest BCUT2D eigenvalue weighted by molar-refractivity contribution is -0.946. The third-order valence-electron chi connectivity index (χ3n) is 8.58. The van der Waals surface area contributed by atoms with E-state index in [0.717, 1.165) is 86.2 Å². The molecular formula is C28H38NO4S+. The first-order valence-corrected chi connectivity index (χ1v) is 13.9. The van der Waals surface area contributed by atoms with Crippen molar-refractivity contribution in [2.75, 3.05) is 32.8 Å². The fourth-order valence-corrected chi connectivity index (χ4v) is 7.39. The van der Waals surface area contributed by atoms with E-state index in [0.29, 0.717) is 12.5 Å². The molecule has 1 N–H and O–H groups in total. The van der Waals surface area contributed by atoms with E-state index in [1.54, 1.807) is 0 Å². The van der Waals surface area contributed by atoms with Gasteiger partial charge < -0.3 is 19.1 Å². The molecule has 0 spiro atoms. The number of aryl methyl sites for hydroxylation is 1. The number of para-hydroxylation sites is 1. The van der Waals surface area contributed by atoms with E-state index in [2.05, 4.69) is 13.0 Å². The molecular weight excluding hydrogens is 446 g/mol. The van der Waals surface area contributed by atoms with E-state index in [9.17, 15) is 9.90 Å². The number of nitrogens with zero attached hydrogens (tertiary/aromatic N) is 1. The van der Waals surface area contributed by atoms with Crippen LogP contribution in [0.15, 0.2) is 41.8 Å². The molecule has 4 fully saturated rings. The van der Waals surface area contributed by atoms with Crippen LogP contribution in [0.2, 0.25) is 0 Å². The zero-order valence-corrected chi connectivity index (χ0v) is 21.1. The van der Waals surface area contributed by atoms with Crippen LogP contribution in [0.3, 0.4) is 0 Å². The second-order valence-corrected chi connectivity index (χ2v) is 11.6. The zero-order chi connectivity index (χ0) is 23.6. The number of carbonyl (C=O) groups excluding carboxylic acids is 1. The molecule has 4 aliphatic rings. The Labute approximate surface area is 207 Å². The van der Waals surface area contributed by atoms with E-state index in [1.165, 1.54) is 16.9 Å². The molecule has 1 aromatic heterocycles. The van der Waals surface area contributed by atoms with Crippen LogP contribution >= 0.6 is 11.3 Å². The van der Waals surface area contributed by atoms with Crippen molar-refractivity contribution >= 4 is 17.3 Å². The third kappa shape index (κ3) is 4.65. The number of carbonyl (C=O) groups is 1. The summed E-state index contributed by atoms with van der Waals surface area (Å²) in [5.41, 5.74) is -0.330. The highest BCUT2D eigenvalue weighted by molar-refractivity contribution is 7.10. The molecule has 6 heteroatoms. The SMILES string of the molecule is Cc1ccccc1OCCC[N+]12CCC(CC1)[C@@H](OC(=O)[C@](O)(c1cccs1)C1CCCC1)C2. The smallest absolute Gasteiger partial charge is 0.344 e. The van der Waals surface area contributed by atoms with Crippen LogP contribution < -0.4 is 4.74 Å². The van der Waals surface area contributed by atoms with Crippen molar-refractivity contribution in [3.63, 3.8) is 0 Å². The number of hydrogen-bond donors (Lipinski definition) is 1. The highest BCUT2D eigenvalue weighted by Crippen LogP contribution is 2.44. The van der Waals surface area contributed by atoms with Gasteiger partial charge in [-0.3, -0.25) is 0 Å². The number of ether oxygens (including phenoxy) is 2. The standard InChI is InChI=1S/C28H38NO4S/c1-21-8-2-5-11-24(21)32-18-7-15-29-16-13-22(14-17-29)25(20-29)33-27(30)28(31,23-9-3-4-10-23)26-12-6-19-34-26/h2,5-6,8,11-12,19,22-23,25,31H,3-4,7,9-10,13-18,20H2,1H3/q+1/t22?,25-,28+,29?/m0/s1. The molecule has 2 aromatic rings. The Kier molecular flexibility index (Phi) is 7.01. The van der Waals surface area contributed by atoms with Crippen molar-refractivity contribution in [3.05, 3.63) is 52.2 Å². The van der Waals surface area contributed by atoms with Gasteiger partial charge in [-0.25, -0.2) is 4.79 Å². The van der Waals surface area contributed by atoms with Gasteiger partial charge in [0.05, 0.1) is 26.2 Å². The van der Waals surface area contributed by atoms with Crippen molar-refractivity contribution in [1.82, 2.24) is 0 Å². The Hall–Kier alpha value is -1.89. The lowest BCUT2D eigenvalue weighted by Crippen LogP contribution is -2.65. The molecule has 0 unspecified atom stereocenters. The Morgan fingerprint density at radius 1 is 1.12 bits per heavy atom. The maximum atomic E-state index is 13.6. The van der Waals surface area contributed by atoms with Crippen molar-refractivity contribution < 1.29 is 23.9 Å². The molecule has 0 amide bonds. The van der Waals surface area contributed by atoms with E-state index in [1.807, 2.05) is 35.7 Å². The quantitative estimate of drug-likeness (QED) is 0.307. The molecule has 6 rings (SSSR count). The second kappa shape index (κ2) is 10.00. The molecule has 3 aliphatic heterocycles. The predicted molar refractivity (Wildman–Crippen MR) is 134 cm³/mol. The van der Waals surface area contributed by atoms with Gasteiger partial charge >= 0.3 is 5.97 Å². The molecule has 1 aliphatic carbocycles. The monoisotopic (exact) mass is 484 g/mol. The molecule has 2 atom stereocenters. The van der Waals surface area contributed by atoms with E-state index < -0.39 is 11.6 Å². The van der Waals surface area contributed by atoms with Gasteiger partial charge in [-0.2, -0.15) is 0 Å². The topological polar surface area (TPSA) is 55.8 Å². The Morgan fingerprint density at radius 2 is 1.88 bits per heavy atom. The van der Waals surface area contributed by atoms with Crippen LogP contribution in [0.25, 0.3) is 0 Å². The maximum Gasteiger partial charge on any atom is 0.344 e. The Balaban J connectivity index is 1.21. The first-order valence-electron chi connectivity index (χ1n) is 13.0. The number of thiophene rings is 1. The number of piperidine rings is 3. The lowest BCUT2D eigenvalue weighted by Gasteiger charge is -2.52. The van der Waals surface area contributed by atoms with Crippen LogP contribution in [0.4, 0.5) is 0 Å². The van der Waals surface area contributed by atoms with Gasteiger partial charge in [0.2, 0.25) is 0 Å². The third-order valence-corrected chi connectivity index (χ3v) is 9.58. The minimum Gasteiger partial charge on any atom is -0.493 e. The summed E-state index contributed by atoms with van der Waals surface area (Å²) >= 11 is 1.47. The molecule has 3 saturated heterocycles. The van der Waals surface area contributed by atoms with Gasteiger partial charge in [0, 0.05) is 36.0 Å². The largest absolute Gasteiger partial charge is 0.493 e. The van der Waals surface area contributed by atoms with Gasteiger partial charge in [-0.05, 0) is 42.8 Å². The average Bonchev–Trinajstić information content (AvgIpc) is 3.58. The fourth-order valence-electron chi connectivity index (χ4n) is 6.50. The van der Waals surface area contributed by atoms with E-state index in [-0.39, 0.29) is 12.0 Å². The number of benzene rings is 1. The number of hydrogen-bond acceptors (Lipinski definition) is 5. The van der Waals surface area contributed by atoms with E-state index >= 15 is 0 Å². The fraction of sp³-hybridized carbons (Fsp3) is 0.607. The molecule has 2 bridgehead atoms. The van der Waals surface area contributed by atoms with Gasteiger partial charge in [-0.1, -0.05) is 37.1 Å². The molecule has 34 heavy (non-hydrogen) atoms. The highest BCUT2D eigenvalue weighted by Gasteiger charge is 2.53. The maximum absolute atomic E-state index is 13.6. The van der Waals surface area contributed by atoms with Crippen LogP contribution in [-0.2, 0) is 15.1 Å². The number of esters is 1. The van der Waals surface area contributed by atoms with Crippen molar-refractivity contribution in [2.45, 2.75) is 63.6 Å². The Bertz CT molecular complexity index is 963. The van der Waals surface area contributed by atoms with Crippen LogP contribution in [0, 0.1) is 18.8 Å². The summed E-state index contributed by atoms with van der Waals surface area (Å²) in [4.78, 5) is 14.3. The van der Waals surface area contributed by atoms with Gasteiger partial charge in [-0.15, -0.1) is 11.3 Å². The first kappa shape index (κ1) is 23.8. The van der Waals surface area contributed by atoms with Crippen molar-refractivity contribution in [1.29, 1.82) is 0 Å². The number of fused-ring (bicyclic) bond motifs is 3. The molecule has 1 aromatic carbocycles. The second-order valence-electron chi connectivity index (χ2n) is 10.7. The summed E-state index contributed by atoms with van der Waals surface area (Å²) in [5, 5.41) is 13.7. The molecule has 1 saturated carbocycles. The molecule has 184 valence electrons. The summed E-state index contributed by atoms with van der Waals surface area (Å²) in [6, 6.07) is 12.0. The zero-order valence-electron chi connectivity index (χ0n) is 20.3. The summed E-state index contributed by atoms with van der Waals surface area (Å²) < 4.78 is 13.3.